The number of benzene rings is 1. The van der Waals surface area contributed by atoms with Gasteiger partial charge in [0, 0.05) is 22.6 Å². The van der Waals surface area contributed by atoms with Gasteiger partial charge in [0.15, 0.2) is 9.84 Å². The van der Waals surface area contributed by atoms with Crippen molar-refractivity contribution in [3.63, 3.8) is 0 Å². The van der Waals surface area contributed by atoms with Crippen LogP contribution in [-0.4, -0.2) is 55.8 Å². The van der Waals surface area contributed by atoms with Crippen molar-refractivity contribution in [2.75, 3.05) is 24.6 Å². The zero-order valence-corrected chi connectivity index (χ0v) is 15.9. The molecule has 1 atom stereocenters. The zero-order valence-electron chi connectivity index (χ0n) is 13.5. The second kappa shape index (κ2) is 8.11. The SMILES string of the molecule is CCCN(C(=O)CNC(=O)c1ccc(Br)cc1)C1CCS(=O)(=O)C1. The summed E-state index contributed by atoms with van der Waals surface area (Å²) in [7, 11) is -3.06. The van der Waals surface area contributed by atoms with E-state index in [0.29, 0.717) is 18.5 Å². The maximum Gasteiger partial charge on any atom is 0.251 e. The number of hydrogen-bond donors (Lipinski definition) is 1. The predicted octanol–water partition coefficient (Wildman–Crippen LogP) is 1.60. The molecule has 8 heteroatoms. The molecule has 6 nitrogen and oxygen atoms in total. The van der Waals surface area contributed by atoms with E-state index >= 15 is 0 Å². The molecule has 1 aromatic carbocycles. The minimum absolute atomic E-state index is 0.0133. The lowest BCUT2D eigenvalue weighted by Gasteiger charge is -2.28. The van der Waals surface area contributed by atoms with E-state index < -0.39 is 9.84 Å². The highest BCUT2D eigenvalue weighted by Crippen LogP contribution is 2.18. The Hall–Kier alpha value is -1.41. The van der Waals surface area contributed by atoms with Crippen LogP contribution in [0.5, 0.6) is 0 Å². The number of halogens is 1. The van der Waals surface area contributed by atoms with E-state index in [4.69, 9.17) is 0 Å². The van der Waals surface area contributed by atoms with Crippen molar-refractivity contribution in [2.45, 2.75) is 25.8 Å². The molecule has 0 spiro atoms. The number of sulfone groups is 1. The summed E-state index contributed by atoms with van der Waals surface area (Å²) in [4.78, 5) is 26.1. The van der Waals surface area contributed by atoms with Crippen LogP contribution in [0, 0.1) is 0 Å². The molecule has 0 radical (unpaired) electrons. The molecule has 2 rings (SSSR count). The number of hydrogen-bond acceptors (Lipinski definition) is 4. The highest BCUT2D eigenvalue weighted by molar-refractivity contribution is 9.10. The van der Waals surface area contributed by atoms with E-state index in [2.05, 4.69) is 21.2 Å². The number of carbonyl (C=O) groups excluding carboxylic acids is 2. The van der Waals surface area contributed by atoms with Crippen molar-refractivity contribution in [3.8, 4) is 0 Å². The first-order valence-corrected chi connectivity index (χ1v) is 10.5. The van der Waals surface area contributed by atoms with Crippen LogP contribution in [0.2, 0.25) is 0 Å². The van der Waals surface area contributed by atoms with Crippen molar-refractivity contribution in [3.05, 3.63) is 34.3 Å². The van der Waals surface area contributed by atoms with Crippen LogP contribution in [-0.2, 0) is 14.6 Å². The normalized spacial score (nSPS) is 19.0. The van der Waals surface area contributed by atoms with Crippen molar-refractivity contribution < 1.29 is 18.0 Å². The van der Waals surface area contributed by atoms with Gasteiger partial charge in [0.1, 0.15) is 0 Å². The minimum atomic E-state index is -3.06. The first kappa shape index (κ1) is 18.9. The molecule has 0 bridgehead atoms. The number of nitrogens with zero attached hydrogens (tertiary/aromatic N) is 1. The van der Waals surface area contributed by atoms with E-state index in [1.54, 1.807) is 29.2 Å². The Labute approximate surface area is 150 Å². The van der Waals surface area contributed by atoms with Gasteiger partial charge in [-0.25, -0.2) is 8.42 Å². The van der Waals surface area contributed by atoms with Crippen LogP contribution in [0.1, 0.15) is 30.1 Å². The van der Waals surface area contributed by atoms with E-state index in [-0.39, 0.29) is 35.9 Å². The summed E-state index contributed by atoms with van der Waals surface area (Å²) in [5, 5.41) is 2.61. The Balaban J connectivity index is 1.95. The summed E-state index contributed by atoms with van der Waals surface area (Å²) in [5.74, 6) is -0.439. The molecule has 0 saturated carbocycles. The summed E-state index contributed by atoms with van der Waals surface area (Å²) in [5.41, 5.74) is 0.469. The van der Waals surface area contributed by atoms with Gasteiger partial charge in [-0.3, -0.25) is 9.59 Å². The molecule has 1 unspecified atom stereocenters. The van der Waals surface area contributed by atoms with Crippen LogP contribution in [0.3, 0.4) is 0 Å². The van der Waals surface area contributed by atoms with Crippen LogP contribution in [0.4, 0.5) is 0 Å². The fourth-order valence-corrected chi connectivity index (χ4v) is 4.73. The topological polar surface area (TPSA) is 83.6 Å². The van der Waals surface area contributed by atoms with Crippen molar-refractivity contribution >= 4 is 37.6 Å². The number of nitrogens with one attached hydrogen (secondary N) is 1. The molecular weight excluding hydrogens is 396 g/mol. The molecule has 2 amide bonds. The van der Waals surface area contributed by atoms with E-state index in [1.165, 1.54) is 0 Å². The first-order valence-electron chi connectivity index (χ1n) is 7.86. The van der Waals surface area contributed by atoms with Crippen molar-refractivity contribution in [1.82, 2.24) is 10.2 Å². The minimum Gasteiger partial charge on any atom is -0.343 e. The van der Waals surface area contributed by atoms with E-state index in [0.717, 1.165) is 10.9 Å². The lowest BCUT2D eigenvalue weighted by molar-refractivity contribution is -0.132. The Morgan fingerprint density at radius 2 is 1.96 bits per heavy atom. The average Bonchev–Trinajstić information content (AvgIpc) is 2.90. The molecule has 0 aliphatic carbocycles. The third-order valence-electron chi connectivity index (χ3n) is 3.94. The van der Waals surface area contributed by atoms with Gasteiger partial charge in [0.25, 0.3) is 5.91 Å². The molecule has 1 N–H and O–H groups in total. The Morgan fingerprint density at radius 1 is 1.29 bits per heavy atom. The van der Waals surface area contributed by atoms with Crippen LogP contribution in [0.15, 0.2) is 28.7 Å². The number of amides is 2. The van der Waals surface area contributed by atoms with Gasteiger partial charge in [-0.1, -0.05) is 22.9 Å². The van der Waals surface area contributed by atoms with Gasteiger partial charge >= 0.3 is 0 Å². The molecule has 1 aliphatic heterocycles. The Morgan fingerprint density at radius 3 is 2.50 bits per heavy atom. The average molecular weight is 417 g/mol. The smallest absolute Gasteiger partial charge is 0.251 e. The standard InChI is InChI=1S/C16H21BrN2O4S/c1-2-8-19(14-7-9-24(22,23)11-14)15(20)10-18-16(21)12-3-5-13(17)6-4-12/h3-6,14H,2,7-11H2,1H3,(H,18,21). The summed E-state index contributed by atoms with van der Waals surface area (Å²) >= 11 is 3.30. The zero-order chi connectivity index (χ0) is 17.7. The summed E-state index contributed by atoms with van der Waals surface area (Å²) in [6, 6.07) is 6.55. The van der Waals surface area contributed by atoms with Crippen molar-refractivity contribution in [1.29, 1.82) is 0 Å². The van der Waals surface area contributed by atoms with E-state index in [1.807, 2.05) is 6.92 Å². The molecule has 1 fully saturated rings. The molecule has 1 aliphatic rings. The van der Waals surface area contributed by atoms with Gasteiger partial charge < -0.3 is 10.2 Å². The highest BCUT2D eigenvalue weighted by Gasteiger charge is 2.34. The molecule has 0 aromatic heterocycles. The lowest BCUT2D eigenvalue weighted by atomic mass is 10.2. The summed E-state index contributed by atoms with van der Waals surface area (Å²) in [6.45, 7) is 2.29. The highest BCUT2D eigenvalue weighted by atomic mass is 79.9. The Kier molecular flexibility index (Phi) is 6.40. The van der Waals surface area contributed by atoms with Gasteiger partial charge in [0.05, 0.1) is 18.1 Å². The Bertz CT molecular complexity index is 703. The second-order valence-corrected chi connectivity index (χ2v) is 8.98. The summed E-state index contributed by atoms with van der Waals surface area (Å²) in [6.07, 6.45) is 1.21. The fraction of sp³-hybridized carbons (Fsp3) is 0.500. The molecule has 1 saturated heterocycles. The van der Waals surface area contributed by atoms with Crippen LogP contribution < -0.4 is 5.32 Å². The second-order valence-electron chi connectivity index (χ2n) is 5.83. The van der Waals surface area contributed by atoms with Crippen LogP contribution in [0.25, 0.3) is 0 Å². The van der Waals surface area contributed by atoms with Gasteiger partial charge in [-0.2, -0.15) is 0 Å². The predicted molar refractivity (Wildman–Crippen MR) is 95.5 cm³/mol. The lowest BCUT2D eigenvalue weighted by Crippen LogP contribution is -2.46. The summed E-state index contributed by atoms with van der Waals surface area (Å²) < 4.78 is 24.1. The molecular formula is C16H21BrN2O4S. The third kappa shape index (κ3) is 5.04. The van der Waals surface area contributed by atoms with Gasteiger partial charge in [-0.15, -0.1) is 0 Å². The monoisotopic (exact) mass is 416 g/mol. The van der Waals surface area contributed by atoms with Gasteiger partial charge in [-0.05, 0) is 37.1 Å². The van der Waals surface area contributed by atoms with Crippen LogP contribution >= 0.6 is 15.9 Å². The molecule has 1 aromatic rings. The fourth-order valence-electron chi connectivity index (χ4n) is 2.73. The number of carbonyl (C=O) groups is 2. The quantitative estimate of drug-likeness (QED) is 0.763. The molecule has 1 heterocycles. The number of rotatable bonds is 6. The third-order valence-corrected chi connectivity index (χ3v) is 6.22. The molecule has 132 valence electrons. The first-order chi connectivity index (χ1) is 11.3. The maximum absolute atomic E-state index is 12.4. The molecule has 24 heavy (non-hydrogen) atoms. The largest absolute Gasteiger partial charge is 0.343 e. The maximum atomic E-state index is 12.4. The van der Waals surface area contributed by atoms with E-state index in [9.17, 15) is 18.0 Å². The van der Waals surface area contributed by atoms with Gasteiger partial charge in [0.2, 0.25) is 5.91 Å². The van der Waals surface area contributed by atoms with Crippen molar-refractivity contribution in [2.24, 2.45) is 0 Å².